The topological polar surface area (TPSA) is 29.1 Å². The molecule has 2 aromatic rings. The van der Waals surface area contributed by atoms with Gasteiger partial charge in [0.15, 0.2) is 0 Å². The summed E-state index contributed by atoms with van der Waals surface area (Å²) in [4.78, 5) is 12.1. The number of halogens is 5. The largest absolute Gasteiger partial charge is 0.319 e. The summed E-state index contributed by atoms with van der Waals surface area (Å²) in [7, 11) is 0. The average Bonchev–Trinajstić information content (AvgIpc) is 2.36. The SMILES string of the molecule is O=C(Nc1c(Cl)cc(Br)cc1Cl)c1cc(F)ccc1Br. The third-order valence-electron chi connectivity index (χ3n) is 2.42. The number of carbonyl (C=O) groups is 1. The minimum absolute atomic E-state index is 0.153. The highest BCUT2D eigenvalue weighted by atomic mass is 79.9. The van der Waals surface area contributed by atoms with Crippen LogP contribution in [0.3, 0.4) is 0 Å². The van der Waals surface area contributed by atoms with E-state index >= 15 is 0 Å². The van der Waals surface area contributed by atoms with Crippen LogP contribution in [0.15, 0.2) is 39.3 Å². The fraction of sp³-hybridized carbons (Fsp3) is 0. The summed E-state index contributed by atoms with van der Waals surface area (Å²) < 4.78 is 14.4. The Morgan fingerprint density at radius 1 is 1.10 bits per heavy atom. The number of rotatable bonds is 2. The summed E-state index contributed by atoms with van der Waals surface area (Å²) in [6.45, 7) is 0. The number of hydrogen-bond donors (Lipinski definition) is 1. The molecule has 104 valence electrons. The second kappa shape index (κ2) is 6.43. The van der Waals surface area contributed by atoms with Crippen LogP contribution in [-0.2, 0) is 0 Å². The van der Waals surface area contributed by atoms with Crippen LogP contribution in [-0.4, -0.2) is 5.91 Å². The number of nitrogens with one attached hydrogen (secondary N) is 1. The zero-order valence-corrected chi connectivity index (χ0v) is 14.4. The Morgan fingerprint density at radius 2 is 1.70 bits per heavy atom. The Hall–Kier alpha value is -0.620. The number of benzene rings is 2. The predicted octanol–water partition coefficient (Wildman–Crippen LogP) is 5.91. The third-order valence-corrected chi connectivity index (χ3v) is 4.16. The second-order valence-corrected chi connectivity index (χ2v) is 6.41. The van der Waals surface area contributed by atoms with E-state index in [0.717, 1.165) is 6.07 Å². The first-order valence-electron chi connectivity index (χ1n) is 5.29. The van der Waals surface area contributed by atoms with E-state index in [2.05, 4.69) is 37.2 Å². The van der Waals surface area contributed by atoms with Crippen molar-refractivity contribution in [1.29, 1.82) is 0 Å². The lowest BCUT2D eigenvalue weighted by Gasteiger charge is -2.11. The summed E-state index contributed by atoms with van der Waals surface area (Å²) in [5.41, 5.74) is 0.428. The Morgan fingerprint density at radius 3 is 2.30 bits per heavy atom. The molecule has 0 aliphatic carbocycles. The first kappa shape index (κ1) is 15.8. The highest BCUT2D eigenvalue weighted by molar-refractivity contribution is 9.10. The van der Waals surface area contributed by atoms with Crippen molar-refractivity contribution in [2.45, 2.75) is 0 Å². The van der Waals surface area contributed by atoms with Gasteiger partial charge in [-0.2, -0.15) is 0 Å². The van der Waals surface area contributed by atoms with E-state index < -0.39 is 11.7 Å². The maximum Gasteiger partial charge on any atom is 0.256 e. The van der Waals surface area contributed by atoms with Crippen molar-refractivity contribution in [3.63, 3.8) is 0 Å². The molecule has 20 heavy (non-hydrogen) atoms. The summed E-state index contributed by atoms with van der Waals surface area (Å²) in [5, 5.41) is 3.14. The molecule has 0 bridgehead atoms. The van der Waals surface area contributed by atoms with Crippen LogP contribution in [0.25, 0.3) is 0 Å². The molecular formula is C13H6Br2Cl2FNO. The standard InChI is InChI=1S/C13H6Br2Cl2FNO/c14-6-3-10(16)12(11(17)4-6)19-13(20)8-5-7(18)1-2-9(8)15/h1-5H,(H,19,20). The Bertz CT molecular complexity index is 671. The van der Waals surface area contributed by atoms with Gasteiger partial charge in [-0.05, 0) is 46.3 Å². The van der Waals surface area contributed by atoms with Crippen molar-refractivity contribution < 1.29 is 9.18 Å². The van der Waals surface area contributed by atoms with Gasteiger partial charge >= 0.3 is 0 Å². The minimum atomic E-state index is -0.512. The van der Waals surface area contributed by atoms with Gasteiger partial charge in [-0.15, -0.1) is 0 Å². The third kappa shape index (κ3) is 3.52. The molecule has 0 heterocycles. The van der Waals surface area contributed by atoms with Gasteiger partial charge < -0.3 is 5.32 Å². The average molecular weight is 442 g/mol. The number of carbonyl (C=O) groups excluding carboxylic acids is 1. The lowest BCUT2D eigenvalue weighted by atomic mass is 10.2. The Balaban J connectivity index is 2.35. The van der Waals surface area contributed by atoms with Crippen molar-refractivity contribution >= 4 is 66.7 Å². The normalized spacial score (nSPS) is 10.4. The fourth-order valence-electron chi connectivity index (χ4n) is 1.51. The predicted molar refractivity (Wildman–Crippen MR) is 86.2 cm³/mol. The van der Waals surface area contributed by atoms with E-state index in [4.69, 9.17) is 23.2 Å². The van der Waals surface area contributed by atoms with Crippen LogP contribution in [0, 0.1) is 5.82 Å². The van der Waals surface area contributed by atoms with Crippen molar-refractivity contribution in [2.24, 2.45) is 0 Å². The van der Waals surface area contributed by atoms with Crippen molar-refractivity contribution in [3.05, 3.63) is 60.7 Å². The van der Waals surface area contributed by atoms with Crippen molar-refractivity contribution in [2.75, 3.05) is 5.32 Å². The molecule has 7 heteroatoms. The molecular weight excluding hydrogens is 436 g/mol. The van der Waals surface area contributed by atoms with E-state index in [1.807, 2.05) is 0 Å². The highest BCUT2D eigenvalue weighted by Gasteiger charge is 2.15. The zero-order chi connectivity index (χ0) is 14.9. The van der Waals surface area contributed by atoms with Gasteiger partial charge in [0, 0.05) is 8.95 Å². The molecule has 2 aromatic carbocycles. The number of hydrogen-bond acceptors (Lipinski definition) is 1. The molecule has 2 nitrogen and oxygen atoms in total. The molecule has 1 N–H and O–H groups in total. The van der Waals surface area contributed by atoms with Gasteiger partial charge in [0.1, 0.15) is 5.82 Å². The summed E-state index contributed by atoms with van der Waals surface area (Å²) >= 11 is 18.5. The lowest BCUT2D eigenvalue weighted by Crippen LogP contribution is -2.13. The molecule has 0 aliphatic heterocycles. The summed E-state index contributed by atoms with van der Waals surface area (Å²) in [5.74, 6) is -1.02. The van der Waals surface area contributed by atoms with Gasteiger partial charge in [-0.1, -0.05) is 39.1 Å². The molecule has 0 aromatic heterocycles. The van der Waals surface area contributed by atoms with Gasteiger partial charge in [0.25, 0.3) is 5.91 Å². The summed E-state index contributed by atoms with van der Waals surface area (Å²) in [6, 6.07) is 7.03. The van der Waals surface area contributed by atoms with Crippen LogP contribution in [0.5, 0.6) is 0 Å². The molecule has 0 aliphatic rings. The van der Waals surface area contributed by atoms with Crippen LogP contribution in [0.1, 0.15) is 10.4 Å². The highest BCUT2D eigenvalue weighted by Crippen LogP contribution is 2.34. The smallest absolute Gasteiger partial charge is 0.256 e. The first-order chi connectivity index (χ1) is 9.38. The molecule has 0 unspecified atom stereocenters. The quantitative estimate of drug-likeness (QED) is 0.616. The van der Waals surface area contributed by atoms with E-state index in [1.54, 1.807) is 12.1 Å². The van der Waals surface area contributed by atoms with Gasteiger partial charge in [0.05, 0.1) is 21.3 Å². The van der Waals surface area contributed by atoms with Gasteiger partial charge in [-0.25, -0.2) is 4.39 Å². The van der Waals surface area contributed by atoms with Gasteiger partial charge in [0.2, 0.25) is 0 Å². The second-order valence-electron chi connectivity index (χ2n) is 3.82. The van der Waals surface area contributed by atoms with E-state index in [-0.39, 0.29) is 21.3 Å². The Labute approximate surface area is 141 Å². The molecule has 0 radical (unpaired) electrons. The molecule has 0 atom stereocenters. The van der Waals surface area contributed by atoms with Crippen molar-refractivity contribution in [1.82, 2.24) is 0 Å². The lowest BCUT2D eigenvalue weighted by molar-refractivity contribution is 0.102. The molecule has 0 saturated carbocycles. The molecule has 0 spiro atoms. The molecule has 0 saturated heterocycles. The van der Waals surface area contributed by atoms with Crippen molar-refractivity contribution in [3.8, 4) is 0 Å². The first-order valence-corrected chi connectivity index (χ1v) is 7.63. The minimum Gasteiger partial charge on any atom is -0.319 e. The van der Waals surface area contributed by atoms with Crippen LogP contribution in [0.4, 0.5) is 10.1 Å². The molecule has 2 rings (SSSR count). The van der Waals surface area contributed by atoms with Gasteiger partial charge in [-0.3, -0.25) is 4.79 Å². The van der Waals surface area contributed by atoms with E-state index in [9.17, 15) is 9.18 Å². The number of amides is 1. The van der Waals surface area contributed by atoms with Crippen LogP contribution < -0.4 is 5.32 Å². The van der Waals surface area contributed by atoms with E-state index in [1.165, 1.54) is 12.1 Å². The zero-order valence-electron chi connectivity index (χ0n) is 9.68. The monoisotopic (exact) mass is 439 g/mol. The van der Waals surface area contributed by atoms with Crippen LogP contribution >= 0.6 is 55.1 Å². The fourth-order valence-corrected chi connectivity index (χ4v) is 3.24. The summed E-state index contributed by atoms with van der Waals surface area (Å²) in [6.07, 6.45) is 0. The van der Waals surface area contributed by atoms with E-state index in [0.29, 0.717) is 8.95 Å². The number of anilines is 1. The maximum absolute atomic E-state index is 13.2. The molecule has 0 fully saturated rings. The Kier molecular flexibility index (Phi) is 5.07. The molecule has 1 amide bonds. The van der Waals surface area contributed by atoms with Crippen LogP contribution in [0.2, 0.25) is 10.0 Å². The maximum atomic E-state index is 13.2.